The highest BCUT2D eigenvalue weighted by Gasteiger charge is 2.22. The number of rotatable bonds is 2. The maximum absolute atomic E-state index is 13.3. The smallest absolute Gasteiger partial charge is 0.241 e. The van der Waals surface area contributed by atoms with Gasteiger partial charge in [0.2, 0.25) is 5.91 Å². The van der Waals surface area contributed by atoms with Crippen LogP contribution in [0.1, 0.15) is 19.3 Å². The van der Waals surface area contributed by atoms with Gasteiger partial charge in [0, 0.05) is 0 Å². The van der Waals surface area contributed by atoms with Crippen molar-refractivity contribution < 1.29 is 13.6 Å². The molecule has 0 radical (unpaired) electrons. The first-order valence-electron chi connectivity index (χ1n) is 5.67. The van der Waals surface area contributed by atoms with Gasteiger partial charge in [-0.1, -0.05) is 12.5 Å². The fourth-order valence-electron chi connectivity index (χ4n) is 1.90. The Kier molecular flexibility index (Phi) is 3.68. The quantitative estimate of drug-likeness (QED) is 0.830. The summed E-state index contributed by atoms with van der Waals surface area (Å²) in [7, 11) is 0. The maximum atomic E-state index is 13.3. The van der Waals surface area contributed by atoms with Crippen molar-refractivity contribution in [3.63, 3.8) is 0 Å². The minimum Gasteiger partial charge on any atom is -0.320 e. The predicted molar refractivity (Wildman–Crippen MR) is 60.6 cm³/mol. The molecule has 1 atom stereocenters. The van der Waals surface area contributed by atoms with Crippen molar-refractivity contribution in [2.75, 3.05) is 11.9 Å². The third kappa shape index (κ3) is 2.79. The first kappa shape index (κ1) is 12.0. The van der Waals surface area contributed by atoms with Crippen molar-refractivity contribution in [2.45, 2.75) is 25.3 Å². The number of amides is 1. The lowest BCUT2D eigenvalue weighted by Gasteiger charge is -2.22. The third-order valence-electron chi connectivity index (χ3n) is 2.84. The van der Waals surface area contributed by atoms with E-state index in [1.54, 1.807) is 0 Å². The number of carbonyl (C=O) groups excluding carboxylic acids is 1. The van der Waals surface area contributed by atoms with Gasteiger partial charge >= 0.3 is 0 Å². The topological polar surface area (TPSA) is 41.1 Å². The highest BCUT2D eigenvalue weighted by Crippen LogP contribution is 2.19. The highest BCUT2D eigenvalue weighted by atomic mass is 19.1. The molecule has 1 heterocycles. The SMILES string of the molecule is O=C(Nc1c(F)cccc1F)C1CCCCN1. The van der Waals surface area contributed by atoms with Gasteiger partial charge < -0.3 is 10.6 Å². The van der Waals surface area contributed by atoms with E-state index in [2.05, 4.69) is 10.6 Å². The standard InChI is InChI=1S/C12H14F2N2O/c13-8-4-3-5-9(14)11(8)16-12(17)10-6-1-2-7-15-10/h3-5,10,15H,1-2,6-7H2,(H,16,17). The molecule has 1 saturated heterocycles. The molecule has 1 aliphatic heterocycles. The Balaban J connectivity index is 2.07. The van der Waals surface area contributed by atoms with E-state index >= 15 is 0 Å². The maximum Gasteiger partial charge on any atom is 0.241 e. The van der Waals surface area contributed by atoms with Crippen LogP contribution < -0.4 is 10.6 Å². The van der Waals surface area contributed by atoms with Gasteiger partial charge in [-0.2, -0.15) is 0 Å². The van der Waals surface area contributed by atoms with Crippen LogP contribution in [0.15, 0.2) is 18.2 Å². The molecule has 0 aromatic heterocycles. The summed E-state index contributed by atoms with van der Waals surface area (Å²) in [6.45, 7) is 0.762. The number of piperidine rings is 1. The lowest BCUT2D eigenvalue weighted by atomic mass is 10.0. The number of para-hydroxylation sites is 1. The summed E-state index contributed by atoms with van der Waals surface area (Å²) in [5.74, 6) is -1.89. The molecular weight excluding hydrogens is 226 g/mol. The van der Waals surface area contributed by atoms with E-state index in [0.717, 1.165) is 31.5 Å². The largest absolute Gasteiger partial charge is 0.320 e. The molecule has 17 heavy (non-hydrogen) atoms. The molecule has 3 nitrogen and oxygen atoms in total. The van der Waals surface area contributed by atoms with Crippen LogP contribution in [0.4, 0.5) is 14.5 Å². The molecule has 0 saturated carbocycles. The van der Waals surface area contributed by atoms with Gasteiger partial charge in [0.25, 0.3) is 0 Å². The Morgan fingerprint density at radius 3 is 2.59 bits per heavy atom. The van der Waals surface area contributed by atoms with Crippen molar-refractivity contribution in [3.05, 3.63) is 29.8 Å². The fraction of sp³-hybridized carbons (Fsp3) is 0.417. The normalized spacial score (nSPS) is 20.0. The summed E-state index contributed by atoms with van der Waals surface area (Å²) < 4.78 is 26.6. The lowest BCUT2D eigenvalue weighted by Crippen LogP contribution is -2.43. The van der Waals surface area contributed by atoms with Gasteiger partial charge in [-0.3, -0.25) is 4.79 Å². The zero-order valence-electron chi connectivity index (χ0n) is 9.30. The van der Waals surface area contributed by atoms with Crippen molar-refractivity contribution >= 4 is 11.6 Å². The van der Waals surface area contributed by atoms with Crippen LogP contribution in [0.2, 0.25) is 0 Å². The zero-order chi connectivity index (χ0) is 12.3. The molecule has 5 heteroatoms. The average Bonchev–Trinajstić information content (AvgIpc) is 2.35. The predicted octanol–water partition coefficient (Wildman–Crippen LogP) is 2.05. The van der Waals surface area contributed by atoms with Crippen molar-refractivity contribution in [1.82, 2.24) is 5.32 Å². The van der Waals surface area contributed by atoms with Crippen LogP contribution in [0.25, 0.3) is 0 Å². The molecular formula is C12H14F2N2O. The van der Waals surface area contributed by atoms with E-state index in [1.807, 2.05) is 0 Å². The number of anilines is 1. The summed E-state index contributed by atoms with van der Waals surface area (Å²) in [4.78, 5) is 11.8. The molecule has 1 aromatic carbocycles. The summed E-state index contributed by atoms with van der Waals surface area (Å²) >= 11 is 0. The molecule has 0 bridgehead atoms. The van der Waals surface area contributed by atoms with Gasteiger partial charge in [-0.05, 0) is 31.5 Å². The first-order valence-corrected chi connectivity index (χ1v) is 5.67. The minimum absolute atomic E-state index is 0.359. The Morgan fingerprint density at radius 1 is 1.29 bits per heavy atom. The van der Waals surface area contributed by atoms with Crippen molar-refractivity contribution in [2.24, 2.45) is 0 Å². The van der Waals surface area contributed by atoms with E-state index < -0.39 is 11.6 Å². The number of benzene rings is 1. The molecule has 1 aromatic rings. The van der Waals surface area contributed by atoms with E-state index in [9.17, 15) is 13.6 Å². The van der Waals surface area contributed by atoms with E-state index in [0.29, 0.717) is 6.42 Å². The summed E-state index contributed by atoms with van der Waals surface area (Å²) in [5, 5.41) is 5.32. The monoisotopic (exact) mass is 240 g/mol. The number of halogens is 2. The molecule has 1 unspecified atom stereocenters. The van der Waals surface area contributed by atoms with Gasteiger partial charge in [-0.25, -0.2) is 8.78 Å². The van der Waals surface area contributed by atoms with Gasteiger partial charge in [0.15, 0.2) is 0 Å². The Morgan fingerprint density at radius 2 is 2.00 bits per heavy atom. The Labute approximate surface area is 98.2 Å². The van der Waals surface area contributed by atoms with E-state index in [-0.39, 0.29) is 17.6 Å². The summed E-state index contributed by atoms with van der Waals surface area (Å²) in [5.41, 5.74) is -0.370. The van der Waals surface area contributed by atoms with Crippen molar-refractivity contribution in [3.8, 4) is 0 Å². The van der Waals surface area contributed by atoms with Crippen LogP contribution >= 0.6 is 0 Å². The molecule has 2 rings (SSSR count). The first-order chi connectivity index (χ1) is 8.18. The second-order valence-corrected chi connectivity index (χ2v) is 4.09. The second kappa shape index (κ2) is 5.23. The number of hydrogen-bond acceptors (Lipinski definition) is 2. The highest BCUT2D eigenvalue weighted by molar-refractivity contribution is 5.95. The second-order valence-electron chi connectivity index (χ2n) is 4.09. The van der Waals surface area contributed by atoms with Crippen molar-refractivity contribution in [1.29, 1.82) is 0 Å². The van der Waals surface area contributed by atoms with Crippen LogP contribution in [0.5, 0.6) is 0 Å². The van der Waals surface area contributed by atoms with Crippen LogP contribution in [0, 0.1) is 11.6 Å². The van der Waals surface area contributed by atoms with Crippen LogP contribution in [-0.4, -0.2) is 18.5 Å². The lowest BCUT2D eigenvalue weighted by molar-refractivity contribution is -0.118. The Hall–Kier alpha value is -1.49. The molecule has 0 aliphatic carbocycles. The van der Waals surface area contributed by atoms with Crippen LogP contribution in [0.3, 0.4) is 0 Å². The molecule has 1 amide bonds. The number of carbonyl (C=O) groups is 1. The van der Waals surface area contributed by atoms with Crippen LogP contribution in [-0.2, 0) is 4.79 Å². The number of nitrogens with one attached hydrogen (secondary N) is 2. The van der Waals surface area contributed by atoms with Gasteiger partial charge in [0.05, 0.1) is 6.04 Å². The summed E-state index contributed by atoms with van der Waals surface area (Å²) in [6, 6.07) is 3.14. The fourth-order valence-corrected chi connectivity index (χ4v) is 1.90. The summed E-state index contributed by atoms with van der Waals surface area (Å²) in [6.07, 6.45) is 2.67. The molecule has 1 aliphatic rings. The molecule has 2 N–H and O–H groups in total. The molecule has 92 valence electrons. The van der Waals surface area contributed by atoms with Gasteiger partial charge in [-0.15, -0.1) is 0 Å². The zero-order valence-corrected chi connectivity index (χ0v) is 9.30. The molecule has 0 spiro atoms. The van der Waals surface area contributed by atoms with E-state index in [4.69, 9.17) is 0 Å². The number of hydrogen-bond donors (Lipinski definition) is 2. The Bertz CT molecular complexity index is 397. The average molecular weight is 240 g/mol. The third-order valence-corrected chi connectivity index (χ3v) is 2.84. The molecule has 1 fully saturated rings. The van der Waals surface area contributed by atoms with Gasteiger partial charge in [0.1, 0.15) is 17.3 Å². The minimum atomic E-state index is -0.755. The van der Waals surface area contributed by atoms with E-state index in [1.165, 1.54) is 6.07 Å².